The van der Waals surface area contributed by atoms with Gasteiger partial charge in [-0.05, 0) is 24.6 Å². The average Bonchev–Trinajstić information content (AvgIpc) is 3.38. The van der Waals surface area contributed by atoms with Gasteiger partial charge in [0.25, 0.3) is 0 Å². The zero-order valence-corrected chi connectivity index (χ0v) is 18.1. The van der Waals surface area contributed by atoms with Gasteiger partial charge in [0.1, 0.15) is 11.0 Å². The van der Waals surface area contributed by atoms with Crippen LogP contribution < -0.4 is 4.74 Å². The average molecular weight is 440 g/mol. The highest BCUT2D eigenvalue weighted by molar-refractivity contribution is 7.89. The molecule has 5 rings (SSSR count). The van der Waals surface area contributed by atoms with Gasteiger partial charge in [0.15, 0.2) is 0 Å². The van der Waals surface area contributed by atoms with Crippen LogP contribution in [0, 0.1) is 0 Å². The largest absolute Gasteiger partial charge is 0.470 e. The van der Waals surface area contributed by atoms with E-state index < -0.39 is 10.0 Å². The Morgan fingerprint density at radius 3 is 2.68 bits per heavy atom. The third-order valence-corrected chi connectivity index (χ3v) is 7.75. The standard InChI is InChI=1S/C22H25N5O3S/c1-2-26-13-18(11-24-26)12-25-15-19-20(16-25)30-22-21(9-6-10-23-22)31(28,29)27(19)14-17-7-4-3-5-8-17/h3-11,13,19-20H,2,12,14-16H2,1H3/t19-,20+/m1/s1. The van der Waals surface area contributed by atoms with Gasteiger partial charge in [-0.3, -0.25) is 9.58 Å². The van der Waals surface area contributed by atoms with E-state index in [4.69, 9.17) is 4.74 Å². The van der Waals surface area contributed by atoms with Crippen LogP contribution in [-0.2, 0) is 29.7 Å². The molecular weight excluding hydrogens is 414 g/mol. The molecule has 1 aromatic carbocycles. The van der Waals surface area contributed by atoms with Crippen LogP contribution in [0.4, 0.5) is 0 Å². The molecule has 2 aliphatic rings. The summed E-state index contributed by atoms with van der Waals surface area (Å²) in [6.45, 7) is 5.07. The van der Waals surface area contributed by atoms with Crippen molar-refractivity contribution >= 4 is 10.0 Å². The van der Waals surface area contributed by atoms with E-state index in [0.29, 0.717) is 26.2 Å². The van der Waals surface area contributed by atoms with Crippen molar-refractivity contribution in [2.24, 2.45) is 0 Å². The molecule has 1 saturated heterocycles. The van der Waals surface area contributed by atoms with Crippen molar-refractivity contribution in [3.05, 3.63) is 72.2 Å². The first-order valence-electron chi connectivity index (χ1n) is 10.5. The number of hydrogen-bond donors (Lipinski definition) is 0. The third-order valence-electron chi connectivity index (χ3n) is 5.87. The number of aryl methyl sites for hydroxylation is 1. The first kappa shape index (κ1) is 20.2. The summed E-state index contributed by atoms with van der Waals surface area (Å²) < 4.78 is 37.0. The lowest BCUT2D eigenvalue weighted by Crippen LogP contribution is -2.46. The van der Waals surface area contributed by atoms with Gasteiger partial charge in [0, 0.05) is 50.7 Å². The first-order valence-corrected chi connectivity index (χ1v) is 11.9. The summed E-state index contributed by atoms with van der Waals surface area (Å²) in [4.78, 5) is 6.61. The number of benzene rings is 1. The predicted octanol–water partition coefficient (Wildman–Crippen LogP) is 2.13. The van der Waals surface area contributed by atoms with Crippen LogP contribution in [0.5, 0.6) is 5.88 Å². The van der Waals surface area contributed by atoms with Crippen molar-refractivity contribution in [3.8, 4) is 5.88 Å². The molecule has 0 radical (unpaired) electrons. The van der Waals surface area contributed by atoms with E-state index in [1.807, 2.05) is 47.4 Å². The van der Waals surface area contributed by atoms with Crippen LogP contribution in [0.15, 0.2) is 66.0 Å². The Balaban J connectivity index is 1.48. The van der Waals surface area contributed by atoms with E-state index in [9.17, 15) is 8.42 Å². The van der Waals surface area contributed by atoms with E-state index in [2.05, 4.69) is 21.9 Å². The number of sulfonamides is 1. The maximum Gasteiger partial charge on any atom is 0.249 e. The molecule has 2 aromatic heterocycles. The molecule has 8 nitrogen and oxygen atoms in total. The van der Waals surface area contributed by atoms with Crippen molar-refractivity contribution in [1.82, 2.24) is 24.0 Å². The summed E-state index contributed by atoms with van der Waals surface area (Å²) in [5.74, 6) is 0.189. The summed E-state index contributed by atoms with van der Waals surface area (Å²) in [5, 5.41) is 4.35. The van der Waals surface area contributed by atoms with E-state index >= 15 is 0 Å². The highest BCUT2D eigenvalue weighted by atomic mass is 32.2. The first-order chi connectivity index (χ1) is 15.0. The number of fused-ring (bicyclic) bond motifs is 2. The quantitative estimate of drug-likeness (QED) is 0.606. The summed E-state index contributed by atoms with van der Waals surface area (Å²) in [7, 11) is -3.77. The maximum atomic E-state index is 13.7. The normalized spacial score (nSPS) is 23.0. The van der Waals surface area contributed by atoms with Crippen molar-refractivity contribution in [2.75, 3.05) is 13.1 Å². The van der Waals surface area contributed by atoms with Crippen molar-refractivity contribution in [2.45, 2.75) is 43.6 Å². The molecule has 0 unspecified atom stereocenters. The van der Waals surface area contributed by atoms with Crippen molar-refractivity contribution in [1.29, 1.82) is 0 Å². The molecule has 162 valence electrons. The molecule has 1 fully saturated rings. The minimum absolute atomic E-state index is 0.135. The number of ether oxygens (including phenoxy) is 1. The Morgan fingerprint density at radius 2 is 1.90 bits per heavy atom. The van der Waals surface area contributed by atoms with Gasteiger partial charge < -0.3 is 4.74 Å². The Hall–Kier alpha value is -2.75. The van der Waals surface area contributed by atoms with Crippen molar-refractivity contribution < 1.29 is 13.2 Å². The van der Waals surface area contributed by atoms with Gasteiger partial charge in [0.2, 0.25) is 15.9 Å². The van der Waals surface area contributed by atoms with Crippen LogP contribution in [-0.4, -0.2) is 57.6 Å². The molecule has 2 atom stereocenters. The van der Waals surface area contributed by atoms with Crippen LogP contribution in [0.2, 0.25) is 0 Å². The molecular formula is C22H25N5O3S. The van der Waals surface area contributed by atoms with Gasteiger partial charge >= 0.3 is 0 Å². The Labute approximate surface area is 182 Å². The number of pyridine rings is 1. The zero-order chi connectivity index (χ0) is 21.4. The third kappa shape index (κ3) is 3.84. The Morgan fingerprint density at radius 1 is 1.06 bits per heavy atom. The predicted molar refractivity (Wildman–Crippen MR) is 115 cm³/mol. The fraction of sp³-hybridized carbons (Fsp3) is 0.364. The lowest BCUT2D eigenvalue weighted by atomic mass is 10.1. The summed E-state index contributed by atoms with van der Waals surface area (Å²) >= 11 is 0. The lowest BCUT2D eigenvalue weighted by molar-refractivity contribution is 0.144. The smallest absolute Gasteiger partial charge is 0.249 e. The molecule has 4 heterocycles. The summed E-state index contributed by atoms with van der Waals surface area (Å²) in [6, 6.07) is 12.6. The van der Waals surface area contributed by atoms with Crippen molar-refractivity contribution in [3.63, 3.8) is 0 Å². The molecule has 3 aromatic rings. The second kappa shape index (κ2) is 8.07. The molecule has 0 saturated carbocycles. The minimum Gasteiger partial charge on any atom is -0.470 e. The van der Waals surface area contributed by atoms with Gasteiger partial charge in [-0.2, -0.15) is 9.40 Å². The van der Waals surface area contributed by atoms with Gasteiger partial charge in [-0.25, -0.2) is 13.4 Å². The molecule has 0 N–H and O–H groups in total. The summed E-state index contributed by atoms with van der Waals surface area (Å²) in [6.07, 6.45) is 5.18. The van der Waals surface area contributed by atoms with Gasteiger partial charge in [-0.1, -0.05) is 30.3 Å². The highest BCUT2D eigenvalue weighted by Crippen LogP contribution is 2.36. The van der Waals surface area contributed by atoms with Crippen LogP contribution in [0.1, 0.15) is 18.1 Å². The molecule has 0 spiro atoms. The number of aromatic nitrogens is 3. The number of hydrogen-bond acceptors (Lipinski definition) is 6. The SMILES string of the molecule is CCn1cc(CN2C[C@@H]3Oc4ncccc4S(=O)(=O)N(Cc4ccccc4)[C@@H]3C2)cn1. The molecule has 0 bridgehead atoms. The topological polar surface area (TPSA) is 80.6 Å². The lowest BCUT2D eigenvalue weighted by Gasteiger charge is -2.28. The monoisotopic (exact) mass is 439 g/mol. The maximum absolute atomic E-state index is 13.7. The van der Waals surface area contributed by atoms with E-state index in [1.165, 1.54) is 0 Å². The molecule has 2 aliphatic heterocycles. The Kier molecular flexibility index (Phi) is 5.25. The number of likely N-dealkylation sites (tertiary alicyclic amines) is 1. The molecule has 0 aliphatic carbocycles. The fourth-order valence-corrected chi connectivity index (χ4v) is 6.05. The number of rotatable bonds is 5. The second-order valence-corrected chi connectivity index (χ2v) is 9.82. The van der Waals surface area contributed by atoms with E-state index in [0.717, 1.165) is 17.7 Å². The Bertz CT molecular complexity index is 1160. The number of nitrogens with zero attached hydrogens (tertiary/aromatic N) is 5. The molecule has 31 heavy (non-hydrogen) atoms. The van der Waals surface area contributed by atoms with E-state index in [1.54, 1.807) is 22.6 Å². The van der Waals surface area contributed by atoms with Crippen LogP contribution >= 0.6 is 0 Å². The zero-order valence-electron chi connectivity index (χ0n) is 17.3. The second-order valence-electron chi connectivity index (χ2n) is 7.96. The molecule has 0 amide bonds. The minimum atomic E-state index is -3.77. The van der Waals surface area contributed by atoms with E-state index in [-0.39, 0.29) is 22.9 Å². The van der Waals surface area contributed by atoms with Gasteiger partial charge in [-0.15, -0.1) is 0 Å². The fourth-order valence-electron chi connectivity index (χ4n) is 4.35. The van der Waals surface area contributed by atoms with Crippen LogP contribution in [0.3, 0.4) is 0 Å². The van der Waals surface area contributed by atoms with Crippen LogP contribution in [0.25, 0.3) is 0 Å². The highest BCUT2D eigenvalue weighted by Gasteiger charge is 2.47. The summed E-state index contributed by atoms with van der Waals surface area (Å²) in [5.41, 5.74) is 2.05. The van der Waals surface area contributed by atoms with Gasteiger partial charge in [0.05, 0.1) is 12.2 Å². The molecule has 9 heteroatoms.